The van der Waals surface area contributed by atoms with Crippen LogP contribution in [0.3, 0.4) is 0 Å². The first-order chi connectivity index (χ1) is 39.3. The Morgan fingerprint density at radius 1 is 0.518 bits per heavy atom. The van der Waals surface area contributed by atoms with Gasteiger partial charge in [0.1, 0.15) is 66.5 Å². The van der Waals surface area contributed by atoms with E-state index in [4.69, 9.17) is 4.74 Å². The normalized spacial score (nSPS) is 27.4. The number of hydrogen-bond donors (Lipinski definition) is 5. The molecular formula is C62H111N11O12. The van der Waals surface area contributed by atoms with Gasteiger partial charge < -0.3 is 60.7 Å². The lowest BCUT2D eigenvalue weighted by atomic mass is 9.92. The highest BCUT2D eigenvalue weighted by Gasteiger charge is 2.44. The summed E-state index contributed by atoms with van der Waals surface area (Å²) >= 11 is 0. The van der Waals surface area contributed by atoms with Crippen LogP contribution in [-0.4, -0.2) is 217 Å². The SMILES string of the molecule is C/C=C/C[C@@H](C)C1OC(=O)[C@H](C(C)C)N(C)C(=O)C(CC(C)C)N(C)C(=O)[C@H](CC(C)C)N(C)C(=O)[C@@H](C)NC(=O)[C@H](C)NC(=O)[C@H](CC(C)C)N(C)C(=O)C(C(C)C)NC(=O)[C@H](CC(C)C)N(C)C(=O)CN(C)C(=O)C(CC)NC(=O)[C@H]1NC. The lowest BCUT2D eigenvalue weighted by Gasteiger charge is -2.40. The topological polar surface area (TPSA) is 277 Å². The van der Waals surface area contributed by atoms with Crippen LogP contribution in [0.2, 0.25) is 0 Å². The van der Waals surface area contributed by atoms with Gasteiger partial charge in [-0.1, -0.05) is 109 Å². The van der Waals surface area contributed by atoms with E-state index in [-0.39, 0.29) is 55.8 Å². The second kappa shape index (κ2) is 35.5. The van der Waals surface area contributed by atoms with Crippen molar-refractivity contribution in [3.05, 3.63) is 12.2 Å². The number of rotatable bonds is 15. The van der Waals surface area contributed by atoms with Gasteiger partial charge in [0.05, 0.1) is 6.54 Å². The van der Waals surface area contributed by atoms with E-state index in [0.29, 0.717) is 6.42 Å². The van der Waals surface area contributed by atoms with Crippen molar-refractivity contribution in [2.24, 2.45) is 41.4 Å². The molecule has 4 unspecified atom stereocenters. The summed E-state index contributed by atoms with van der Waals surface area (Å²) < 4.78 is 6.35. The summed E-state index contributed by atoms with van der Waals surface area (Å²) in [5, 5.41) is 14.1. The molecule has 0 spiro atoms. The Kier molecular flexibility index (Phi) is 32.1. The Bertz CT molecular complexity index is 2310. The highest BCUT2D eigenvalue weighted by Crippen LogP contribution is 2.25. The molecule has 0 radical (unpaired) electrons. The minimum absolute atomic E-state index is 0.0974. The Morgan fingerprint density at radius 2 is 0.953 bits per heavy atom. The fourth-order valence-electron chi connectivity index (χ4n) is 10.6. The third-order valence-electron chi connectivity index (χ3n) is 15.9. The number of ether oxygens (including phenoxy) is 1. The van der Waals surface area contributed by atoms with Crippen molar-refractivity contribution < 1.29 is 57.5 Å². The molecule has 0 aromatic rings. The molecule has 23 nitrogen and oxygen atoms in total. The van der Waals surface area contributed by atoms with Gasteiger partial charge >= 0.3 is 5.97 Å². The van der Waals surface area contributed by atoms with Crippen LogP contribution in [0.5, 0.6) is 0 Å². The van der Waals surface area contributed by atoms with Crippen molar-refractivity contribution in [2.45, 2.75) is 223 Å². The summed E-state index contributed by atoms with van der Waals surface area (Å²) in [7, 11) is 10.2. The van der Waals surface area contributed by atoms with Crippen LogP contribution in [0, 0.1) is 41.4 Å². The molecular weight excluding hydrogens is 1090 g/mol. The first-order valence-corrected chi connectivity index (χ1v) is 30.6. The Morgan fingerprint density at radius 3 is 1.40 bits per heavy atom. The summed E-state index contributed by atoms with van der Waals surface area (Å²) in [6, 6.07) is -11.7. The van der Waals surface area contributed by atoms with Crippen LogP contribution >= 0.6 is 0 Å². The van der Waals surface area contributed by atoms with Crippen molar-refractivity contribution in [1.82, 2.24) is 56.0 Å². The second-order valence-electron chi connectivity index (χ2n) is 25.9. The second-order valence-corrected chi connectivity index (χ2v) is 25.9. The Balaban J connectivity index is 4.25. The molecule has 1 aliphatic rings. The molecule has 5 N–H and O–H groups in total. The Labute approximate surface area is 509 Å². The van der Waals surface area contributed by atoms with Crippen molar-refractivity contribution in [3.63, 3.8) is 0 Å². The van der Waals surface area contributed by atoms with Gasteiger partial charge in [0.2, 0.25) is 59.1 Å². The number of nitrogens with zero attached hydrogens (tertiary/aromatic N) is 6. The van der Waals surface area contributed by atoms with Crippen molar-refractivity contribution >= 4 is 65.0 Å². The van der Waals surface area contributed by atoms with E-state index in [1.54, 1.807) is 34.6 Å². The molecule has 1 fully saturated rings. The number of carbonyl (C=O) groups is 11. The van der Waals surface area contributed by atoms with Crippen LogP contribution in [0.25, 0.3) is 0 Å². The molecule has 85 heavy (non-hydrogen) atoms. The molecule has 1 heterocycles. The molecule has 12 atom stereocenters. The first kappa shape index (κ1) is 76.9. The summed E-state index contributed by atoms with van der Waals surface area (Å²) in [5.74, 6) is -9.18. The molecule has 0 saturated carbocycles. The van der Waals surface area contributed by atoms with Crippen molar-refractivity contribution in [3.8, 4) is 0 Å². The number of hydrogen-bond acceptors (Lipinski definition) is 13. The number of likely N-dealkylation sites (N-methyl/N-ethyl adjacent to an activating group) is 7. The van der Waals surface area contributed by atoms with Gasteiger partial charge in [-0.15, -0.1) is 0 Å². The van der Waals surface area contributed by atoms with Gasteiger partial charge in [0, 0.05) is 42.3 Å². The quantitative estimate of drug-likeness (QED) is 0.116. The zero-order chi connectivity index (χ0) is 65.8. The maximum Gasteiger partial charge on any atom is 0.329 e. The predicted molar refractivity (Wildman–Crippen MR) is 329 cm³/mol. The van der Waals surface area contributed by atoms with E-state index in [1.807, 2.05) is 81.4 Å². The van der Waals surface area contributed by atoms with Gasteiger partial charge in [0.25, 0.3) is 0 Å². The number of amides is 10. The third kappa shape index (κ3) is 22.3. The number of esters is 1. The maximum absolute atomic E-state index is 15.0. The van der Waals surface area contributed by atoms with E-state index in [0.717, 1.165) is 4.90 Å². The summed E-state index contributed by atoms with van der Waals surface area (Å²) in [4.78, 5) is 167. The number of carbonyl (C=O) groups excluding carboxylic acids is 11. The summed E-state index contributed by atoms with van der Waals surface area (Å²) in [6.45, 7) is 29.7. The van der Waals surface area contributed by atoms with Crippen LogP contribution in [0.15, 0.2) is 12.2 Å². The highest BCUT2D eigenvalue weighted by atomic mass is 16.5. The molecule has 1 aliphatic heterocycles. The fraction of sp³-hybridized carbons (Fsp3) is 0.790. The van der Waals surface area contributed by atoms with Gasteiger partial charge in [-0.2, -0.15) is 0 Å². The molecule has 0 bridgehead atoms. The lowest BCUT2D eigenvalue weighted by Crippen LogP contribution is -2.61. The smallest absolute Gasteiger partial charge is 0.329 e. The average Bonchev–Trinajstić information content (AvgIpc) is 3.63. The van der Waals surface area contributed by atoms with Gasteiger partial charge in [0.15, 0.2) is 0 Å². The zero-order valence-corrected chi connectivity index (χ0v) is 56.1. The minimum atomic E-state index is -1.23. The monoisotopic (exact) mass is 1200 g/mol. The highest BCUT2D eigenvalue weighted by molar-refractivity contribution is 5.98. The predicted octanol–water partition coefficient (Wildman–Crippen LogP) is 3.58. The van der Waals surface area contributed by atoms with Gasteiger partial charge in [-0.3, -0.25) is 47.9 Å². The zero-order valence-electron chi connectivity index (χ0n) is 56.1. The largest absolute Gasteiger partial charge is 0.458 e. The maximum atomic E-state index is 15.0. The molecule has 0 aliphatic carbocycles. The van der Waals surface area contributed by atoms with E-state index < -0.39 is 156 Å². The summed E-state index contributed by atoms with van der Waals surface area (Å²) in [6.07, 6.45) is 3.69. The van der Waals surface area contributed by atoms with E-state index in [9.17, 15) is 47.9 Å². The van der Waals surface area contributed by atoms with Crippen molar-refractivity contribution in [2.75, 3.05) is 55.9 Å². The molecule has 486 valence electrons. The molecule has 23 heteroatoms. The van der Waals surface area contributed by atoms with E-state index in [2.05, 4.69) is 26.6 Å². The van der Waals surface area contributed by atoms with Crippen LogP contribution in [0.1, 0.15) is 156 Å². The molecule has 1 saturated heterocycles. The summed E-state index contributed by atoms with van der Waals surface area (Å²) in [5.41, 5.74) is 0. The number of nitrogens with one attached hydrogen (secondary N) is 5. The van der Waals surface area contributed by atoms with E-state index in [1.165, 1.54) is 87.7 Å². The number of cyclic esters (lactones) is 1. The van der Waals surface area contributed by atoms with E-state index >= 15 is 4.79 Å². The Hall–Kier alpha value is -6.13. The van der Waals surface area contributed by atoms with Crippen LogP contribution in [-0.2, 0) is 57.5 Å². The third-order valence-corrected chi connectivity index (χ3v) is 15.9. The molecule has 10 amide bonds. The number of allylic oxidation sites excluding steroid dienone is 2. The minimum Gasteiger partial charge on any atom is -0.458 e. The van der Waals surface area contributed by atoms with Crippen molar-refractivity contribution in [1.29, 1.82) is 0 Å². The standard InChI is InChI=1S/C62H111N11O12/c1-25-27-28-40(15)52-50(63-18)56(78)66-43(26-2)58(80)68(19)33-48(74)69(20)44(29-34(3)4)55(77)67-49(38(11)12)61(83)70(21)45(30-35(5)6)54(76)64-41(16)53(75)65-42(17)57(79)71(22)46(31-36(7)8)59(81)72(23)47(32-37(9)10)60(82)73(24)51(39(13)14)62(84)85-52/h25,27,34-47,49-52,63H,26,28-33H2,1-24H3,(H,64,76)(H,65,75)(H,66,78)(H,67,77)/b27-25+/t40-,41+,42-,43?,44+,45+,46+,47?,49?,50+,51+,52?/m1/s1. The lowest BCUT2D eigenvalue weighted by molar-refractivity contribution is -0.167. The average molecular weight is 1200 g/mol. The fourth-order valence-corrected chi connectivity index (χ4v) is 10.6. The van der Waals surface area contributed by atoms with Crippen LogP contribution in [0.4, 0.5) is 0 Å². The molecule has 0 aromatic heterocycles. The molecule has 0 aromatic carbocycles. The first-order valence-electron chi connectivity index (χ1n) is 30.6. The van der Waals surface area contributed by atoms with Gasteiger partial charge in [-0.05, 0) is 108 Å². The van der Waals surface area contributed by atoms with Gasteiger partial charge in [-0.25, -0.2) is 4.79 Å². The van der Waals surface area contributed by atoms with Crippen LogP contribution < -0.4 is 26.6 Å². The molecule has 1 rings (SSSR count).